The van der Waals surface area contributed by atoms with Crippen molar-refractivity contribution in [3.8, 4) is 5.75 Å². The number of pyridine rings is 1. The maximum absolute atomic E-state index is 12.1. The SMILES string of the molecule is Cc1ccc2c(c1)NC(=O)C(CC(=O)Nc1ccc(Cl)cn1)O2. The third kappa shape index (κ3) is 3.60. The van der Waals surface area contributed by atoms with Crippen molar-refractivity contribution < 1.29 is 14.3 Å². The van der Waals surface area contributed by atoms with Gasteiger partial charge in [-0.2, -0.15) is 0 Å². The summed E-state index contributed by atoms with van der Waals surface area (Å²) in [4.78, 5) is 28.1. The highest BCUT2D eigenvalue weighted by atomic mass is 35.5. The normalized spacial score (nSPS) is 16.1. The maximum Gasteiger partial charge on any atom is 0.266 e. The Kier molecular flexibility index (Phi) is 4.16. The van der Waals surface area contributed by atoms with Crippen LogP contribution in [0.4, 0.5) is 11.5 Å². The van der Waals surface area contributed by atoms with Gasteiger partial charge >= 0.3 is 0 Å². The zero-order chi connectivity index (χ0) is 16.4. The van der Waals surface area contributed by atoms with E-state index in [1.807, 2.05) is 19.1 Å². The van der Waals surface area contributed by atoms with Crippen LogP contribution < -0.4 is 15.4 Å². The van der Waals surface area contributed by atoms with Crippen LogP contribution >= 0.6 is 11.6 Å². The summed E-state index contributed by atoms with van der Waals surface area (Å²) >= 11 is 5.73. The van der Waals surface area contributed by atoms with Crippen molar-refractivity contribution in [2.75, 3.05) is 10.6 Å². The summed E-state index contributed by atoms with van der Waals surface area (Å²) in [7, 11) is 0. The zero-order valence-electron chi connectivity index (χ0n) is 12.3. The molecule has 0 saturated carbocycles. The van der Waals surface area contributed by atoms with Crippen LogP contribution in [0.1, 0.15) is 12.0 Å². The second kappa shape index (κ2) is 6.26. The van der Waals surface area contributed by atoms with Crippen molar-refractivity contribution in [3.63, 3.8) is 0 Å². The molecule has 0 saturated heterocycles. The number of benzene rings is 1. The fourth-order valence-corrected chi connectivity index (χ4v) is 2.32. The van der Waals surface area contributed by atoms with E-state index in [4.69, 9.17) is 16.3 Å². The Labute approximate surface area is 137 Å². The molecule has 0 fully saturated rings. The number of halogens is 1. The van der Waals surface area contributed by atoms with Gasteiger partial charge in [0.1, 0.15) is 11.6 Å². The van der Waals surface area contributed by atoms with Gasteiger partial charge in [0, 0.05) is 6.20 Å². The van der Waals surface area contributed by atoms with Gasteiger partial charge in [0.25, 0.3) is 5.91 Å². The molecule has 2 N–H and O–H groups in total. The number of rotatable bonds is 3. The van der Waals surface area contributed by atoms with Crippen molar-refractivity contribution in [1.82, 2.24) is 4.98 Å². The molecule has 6 nitrogen and oxygen atoms in total. The van der Waals surface area contributed by atoms with Gasteiger partial charge < -0.3 is 15.4 Å². The monoisotopic (exact) mass is 331 g/mol. The Hall–Kier alpha value is -2.60. The highest BCUT2D eigenvalue weighted by Crippen LogP contribution is 2.31. The van der Waals surface area contributed by atoms with E-state index in [0.717, 1.165) is 5.56 Å². The third-order valence-electron chi connectivity index (χ3n) is 3.32. The average Bonchev–Trinajstić information content (AvgIpc) is 2.50. The lowest BCUT2D eigenvalue weighted by atomic mass is 10.1. The van der Waals surface area contributed by atoms with E-state index in [-0.39, 0.29) is 18.2 Å². The van der Waals surface area contributed by atoms with Crippen LogP contribution in [0.2, 0.25) is 5.02 Å². The Morgan fingerprint density at radius 1 is 1.39 bits per heavy atom. The molecule has 0 spiro atoms. The number of nitrogens with one attached hydrogen (secondary N) is 2. The molecule has 1 aliphatic rings. The molecular weight excluding hydrogens is 318 g/mol. The van der Waals surface area contributed by atoms with E-state index in [0.29, 0.717) is 22.3 Å². The quantitative estimate of drug-likeness (QED) is 0.906. The molecule has 0 radical (unpaired) electrons. The van der Waals surface area contributed by atoms with Gasteiger partial charge in [0.15, 0.2) is 6.10 Å². The van der Waals surface area contributed by atoms with Crippen molar-refractivity contribution >= 4 is 34.9 Å². The number of carbonyl (C=O) groups is 2. The first-order valence-corrected chi connectivity index (χ1v) is 7.38. The molecule has 2 amide bonds. The summed E-state index contributed by atoms with van der Waals surface area (Å²) in [5.41, 5.74) is 1.63. The van der Waals surface area contributed by atoms with Gasteiger partial charge in [-0.1, -0.05) is 17.7 Å². The highest BCUT2D eigenvalue weighted by Gasteiger charge is 2.29. The lowest BCUT2D eigenvalue weighted by molar-refractivity contribution is -0.128. The van der Waals surface area contributed by atoms with Crippen LogP contribution in [0.5, 0.6) is 5.75 Å². The summed E-state index contributed by atoms with van der Waals surface area (Å²) in [6, 6.07) is 8.68. The third-order valence-corrected chi connectivity index (χ3v) is 3.54. The second-order valence-corrected chi connectivity index (χ2v) is 5.65. The maximum atomic E-state index is 12.1. The molecule has 2 aromatic rings. The molecule has 2 heterocycles. The van der Waals surface area contributed by atoms with E-state index < -0.39 is 6.10 Å². The number of anilines is 2. The lowest BCUT2D eigenvalue weighted by Gasteiger charge is -2.25. The number of hydrogen-bond acceptors (Lipinski definition) is 4. The summed E-state index contributed by atoms with van der Waals surface area (Å²) in [5.74, 6) is 0.210. The number of ether oxygens (including phenoxy) is 1. The van der Waals surface area contributed by atoms with Crippen LogP contribution in [-0.2, 0) is 9.59 Å². The number of nitrogens with zero attached hydrogens (tertiary/aromatic N) is 1. The number of aryl methyl sites for hydroxylation is 1. The van der Waals surface area contributed by atoms with Gasteiger partial charge in [-0.05, 0) is 36.8 Å². The van der Waals surface area contributed by atoms with Crippen molar-refractivity contribution in [2.45, 2.75) is 19.4 Å². The first-order chi connectivity index (χ1) is 11.0. The number of amides is 2. The Bertz CT molecular complexity index is 762. The summed E-state index contributed by atoms with van der Waals surface area (Å²) in [5, 5.41) is 5.83. The minimum absolute atomic E-state index is 0.108. The van der Waals surface area contributed by atoms with Crippen LogP contribution in [-0.4, -0.2) is 22.9 Å². The van der Waals surface area contributed by atoms with Crippen LogP contribution in [0.15, 0.2) is 36.5 Å². The molecule has 3 rings (SSSR count). The number of aromatic nitrogens is 1. The Morgan fingerprint density at radius 2 is 2.22 bits per heavy atom. The lowest BCUT2D eigenvalue weighted by Crippen LogP contribution is -2.39. The molecule has 118 valence electrons. The van der Waals surface area contributed by atoms with E-state index in [2.05, 4.69) is 15.6 Å². The van der Waals surface area contributed by atoms with Crippen molar-refractivity contribution in [2.24, 2.45) is 0 Å². The number of hydrogen-bond donors (Lipinski definition) is 2. The smallest absolute Gasteiger partial charge is 0.266 e. The fraction of sp³-hybridized carbons (Fsp3) is 0.188. The molecule has 1 atom stereocenters. The predicted molar refractivity (Wildman–Crippen MR) is 86.7 cm³/mol. The summed E-state index contributed by atoms with van der Waals surface area (Å²) in [6.07, 6.45) is 0.445. The number of fused-ring (bicyclic) bond motifs is 1. The van der Waals surface area contributed by atoms with Gasteiger partial charge in [-0.15, -0.1) is 0 Å². The minimum atomic E-state index is -0.877. The Morgan fingerprint density at radius 3 is 2.96 bits per heavy atom. The zero-order valence-corrected chi connectivity index (χ0v) is 13.1. The molecule has 1 aromatic heterocycles. The highest BCUT2D eigenvalue weighted by molar-refractivity contribution is 6.30. The van der Waals surface area contributed by atoms with Gasteiger partial charge in [-0.25, -0.2) is 4.98 Å². The van der Waals surface area contributed by atoms with Crippen molar-refractivity contribution in [1.29, 1.82) is 0 Å². The molecule has 23 heavy (non-hydrogen) atoms. The van der Waals surface area contributed by atoms with Gasteiger partial charge in [0.05, 0.1) is 17.1 Å². The molecular formula is C16H14ClN3O3. The molecule has 0 bridgehead atoms. The van der Waals surface area contributed by atoms with E-state index in [1.165, 1.54) is 6.20 Å². The molecule has 1 aliphatic heterocycles. The summed E-state index contributed by atoms with van der Waals surface area (Å²) < 4.78 is 5.61. The minimum Gasteiger partial charge on any atom is -0.478 e. The van der Waals surface area contributed by atoms with Gasteiger partial charge in [-0.3, -0.25) is 9.59 Å². The van der Waals surface area contributed by atoms with Crippen LogP contribution in [0.25, 0.3) is 0 Å². The standard InChI is InChI=1S/C16H14ClN3O3/c1-9-2-4-12-11(6-9)19-16(22)13(23-12)7-15(21)20-14-5-3-10(17)8-18-14/h2-6,8,13H,7H2,1H3,(H,19,22)(H,18,20,21). The van der Waals surface area contributed by atoms with E-state index in [1.54, 1.807) is 18.2 Å². The van der Waals surface area contributed by atoms with Crippen LogP contribution in [0.3, 0.4) is 0 Å². The summed E-state index contributed by atoms with van der Waals surface area (Å²) in [6.45, 7) is 1.92. The van der Waals surface area contributed by atoms with Gasteiger partial charge in [0.2, 0.25) is 5.91 Å². The second-order valence-electron chi connectivity index (χ2n) is 5.21. The van der Waals surface area contributed by atoms with E-state index >= 15 is 0 Å². The first kappa shape index (κ1) is 15.3. The molecule has 1 unspecified atom stereocenters. The molecule has 1 aromatic carbocycles. The topological polar surface area (TPSA) is 80.3 Å². The van der Waals surface area contributed by atoms with Crippen LogP contribution in [0, 0.1) is 6.92 Å². The number of carbonyl (C=O) groups excluding carboxylic acids is 2. The molecule has 0 aliphatic carbocycles. The fourth-order valence-electron chi connectivity index (χ4n) is 2.21. The Balaban J connectivity index is 1.66. The average molecular weight is 332 g/mol. The predicted octanol–water partition coefficient (Wildman–Crippen LogP) is 2.77. The molecule has 7 heteroatoms. The first-order valence-electron chi connectivity index (χ1n) is 7.01. The van der Waals surface area contributed by atoms with Crippen molar-refractivity contribution in [3.05, 3.63) is 47.1 Å². The largest absolute Gasteiger partial charge is 0.478 e. The van der Waals surface area contributed by atoms with E-state index in [9.17, 15) is 9.59 Å².